The fourth-order valence-corrected chi connectivity index (χ4v) is 3.91. The van der Waals surface area contributed by atoms with Gasteiger partial charge < -0.3 is 5.32 Å². The van der Waals surface area contributed by atoms with Gasteiger partial charge in [-0.2, -0.15) is 9.78 Å². The molecule has 1 saturated carbocycles. The molecule has 0 radical (unpaired) electrons. The molecule has 0 aliphatic heterocycles. The third-order valence-corrected chi connectivity index (χ3v) is 5.62. The van der Waals surface area contributed by atoms with Gasteiger partial charge in [0.15, 0.2) is 0 Å². The van der Waals surface area contributed by atoms with Gasteiger partial charge in [0.2, 0.25) is 0 Å². The lowest BCUT2D eigenvalue weighted by Gasteiger charge is -2.28. The minimum atomic E-state index is -0.0944. The largest absolute Gasteiger partial charge is 0.349 e. The topological polar surface area (TPSA) is 72.7 Å². The van der Waals surface area contributed by atoms with Crippen LogP contribution in [0.1, 0.15) is 55.1 Å². The van der Waals surface area contributed by atoms with Gasteiger partial charge in [-0.25, -0.2) is 9.97 Å². The first-order valence-corrected chi connectivity index (χ1v) is 9.73. The lowest BCUT2D eigenvalue weighted by atomic mass is 9.84. The molecule has 1 amide bonds. The third-order valence-electron chi connectivity index (χ3n) is 5.62. The van der Waals surface area contributed by atoms with Crippen LogP contribution in [0, 0.1) is 12.8 Å². The number of benzene rings is 1. The summed E-state index contributed by atoms with van der Waals surface area (Å²) in [5, 5.41) is 8.74. The van der Waals surface area contributed by atoms with Crippen LogP contribution in [0.4, 0.5) is 0 Å². The number of carbonyl (C=O) groups is 1. The van der Waals surface area contributed by atoms with E-state index in [2.05, 4.69) is 27.3 Å². The fourth-order valence-electron chi connectivity index (χ4n) is 3.91. The second-order valence-electron chi connectivity index (χ2n) is 7.39. The predicted molar refractivity (Wildman–Crippen MR) is 105 cm³/mol. The first-order chi connectivity index (χ1) is 13.2. The van der Waals surface area contributed by atoms with Crippen LogP contribution in [0.2, 0.25) is 0 Å². The van der Waals surface area contributed by atoms with Crippen LogP contribution >= 0.6 is 0 Å². The quantitative estimate of drug-likeness (QED) is 0.765. The predicted octanol–water partition coefficient (Wildman–Crippen LogP) is 3.82. The van der Waals surface area contributed by atoms with Crippen LogP contribution < -0.4 is 5.32 Å². The summed E-state index contributed by atoms with van der Waals surface area (Å²) < 4.78 is 1.72. The van der Waals surface area contributed by atoms with Crippen molar-refractivity contribution in [2.75, 3.05) is 0 Å². The number of nitrogens with zero attached hydrogens (tertiary/aromatic N) is 4. The number of para-hydroxylation sites is 1. The zero-order valence-electron chi connectivity index (χ0n) is 15.9. The van der Waals surface area contributed by atoms with Crippen LogP contribution in [0.25, 0.3) is 16.9 Å². The van der Waals surface area contributed by atoms with Gasteiger partial charge in [0.25, 0.3) is 11.9 Å². The zero-order chi connectivity index (χ0) is 18.8. The average Bonchev–Trinajstić information content (AvgIpc) is 3.06. The van der Waals surface area contributed by atoms with E-state index >= 15 is 0 Å². The van der Waals surface area contributed by atoms with Crippen LogP contribution in [-0.4, -0.2) is 31.7 Å². The van der Waals surface area contributed by atoms with Gasteiger partial charge >= 0.3 is 0 Å². The van der Waals surface area contributed by atoms with Gasteiger partial charge in [0, 0.05) is 23.8 Å². The van der Waals surface area contributed by atoms with E-state index in [1.165, 1.54) is 19.3 Å². The maximum absolute atomic E-state index is 12.5. The molecule has 140 valence electrons. The number of carbonyl (C=O) groups excluding carboxylic acids is 1. The number of hydrogen-bond acceptors (Lipinski definition) is 4. The highest BCUT2D eigenvalue weighted by Gasteiger charge is 2.22. The van der Waals surface area contributed by atoms with E-state index in [-0.39, 0.29) is 11.9 Å². The van der Waals surface area contributed by atoms with Gasteiger partial charge in [-0.05, 0) is 44.6 Å². The normalized spacial score (nSPS) is 19.9. The Kier molecular flexibility index (Phi) is 4.88. The van der Waals surface area contributed by atoms with Crippen molar-refractivity contribution < 1.29 is 4.79 Å². The third kappa shape index (κ3) is 3.56. The molecule has 0 atom stereocenters. The standard InChI is InChI=1S/C21H25N5O/c1-3-15-8-10-17(11-9-15)24-20(27)16-12-22-21(23-13-16)26-19-7-5-4-6-18(19)14(2)25-26/h4-7,12-13,15,17H,3,8-11H2,1-2H3,(H,24,27). The molecule has 6 heteroatoms. The minimum absolute atomic E-state index is 0.0944. The summed E-state index contributed by atoms with van der Waals surface area (Å²) in [6, 6.07) is 8.24. The molecule has 0 unspecified atom stereocenters. The molecule has 1 aliphatic carbocycles. The number of fused-ring (bicyclic) bond motifs is 1. The molecule has 3 aromatic rings. The van der Waals surface area contributed by atoms with E-state index in [4.69, 9.17) is 0 Å². The van der Waals surface area contributed by atoms with Gasteiger partial charge in [0.1, 0.15) is 0 Å². The van der Waals surface area contributed by atoms with Crippen LogP contribution in [-0.2, 0) is 0 Å². The highest BCUT2D eigenvalue weighted by Crippen LogP contribution is 2.26. The molecule has 2 aromatic heterocycles. The monoisotopic (exact) mass is 363 g/mol. The zero-order valence-corrected chi connectivity index (χ0v) is 15.9. The maximum atomic E-state index is 12.5. The SMILES string of the molecule is CCC1CCC(NC(=O)c2cnc(-n3nc(C)c4ccccc43)nc2)CC1. The average molecular weight is 363 g/mol. The summed E-state index contributed by atoms with van der Waals surface area (Å²) >= 11 is 0. The number of rotatable bonds is 4. The van der Waals surface area contributed by atoms with Gasteiger partial charge in [0.05, 0.1) is 16.8 Å². The number of hydrogen-bond donors (Lipinski definition) is 1. The van der Waals surface area contributed by atoms with Crippen LogP contribution in [0.3, 0.4) is 0 Å². The molecular weight excluding hydrogens is 338 g/mol. The van der Waals surface area contributed by atoms with Gasteiger partial charge in [-0.3, -0.25) is 4.79 Å². The summed E-state index contributed by atoms with van der Waals surface area (Å²) in [5.41, 5.74) is 2.38. The minimum Gasteiger partial charge on any atom is -0.349 e. The second kappa shape index (κ2) is 7.47. The molecule has 1 aliphatic rings. The van der Waals surface area contributed by atoms with Crippen molar-refractivity contribution in [1.29, 1.82) is 0 Å². The van der Waals surface area contributed by atoms with E-state index in [1.807, 2.05) is 31.2 Å². The first kappa shape index (κ1) is 17.6. The van der Waals surface area contributed by atoms with E-state index in [9.17, 15) is 4.79 Å². The van der Waals surface area contributed by atoms with Crippen molar-refractivity contribution in [3.8, 4) is 5.95 Å². The van der Waals surface area contributed by atoms with Crippen molar-refractivity contribution in [3.63, 3.8) is 0 Å². The Morgan fingerprint density at radius 1 is 1.15 bits per heavy atom. The van der Waals surface area contributed by atoms with Gasteiger partial charge in [-0.1, -0.05) is 31.5 Å². The first-order valence-electron chi connectivity index (χ1n) is 9.73. The summed E-state index contributed by atoms with van der Waals surface area (Å²) in [6.45, 7) is 4.21. The van der Waals surface area contributed by atoms with Crippen LogP contribution in [0.5, 0.6) is 0 Å². The van der Waals surface area contributed by atoms with E-state index in [0.29, 0.717) is 11.5 Å². The summed E-state index contributed by atoms with van der Waals surface area (Å²) in [6.07, 6.45) is 8.91. The molecule has 0 spiro atoms. The summed E-state index contributed by atoms with van der Waals surface area (Å²) in [7, 11) is 0. The Hall–Kier alpha value is -2.76. The van der Waals surface area contributed by atoms with Crippen molar-refractivity contribution in [1.82, 2.24) is 25.1 Å². The molecule has 6 nitrogen and oxygen atoms in total. The Labute approximate surface area is 159 Å². The molecule has 2 heterocycles. The lowest BCUT2D eigenvalue weighted by molar-refractivity contribution is 0.0921. The molecule has 27 heavy (non-hydrogen) atoms. The van der Waals surface area contributed by atoms with E-state index in [1.54, 1.807) is 17.1 Å². The molecule has 0 saturated heterocycles. The fraction of sp³-hybridized carbons (Fsp3) is 0.429. The van der Waals surface area contributed by atoms with Crippen molar-refractivity contribution >= 4 is 16.8 Å². The van der Waals surface area contributed by atoms with Crippen LogP contribution in [0.15, 0.2) is 36.7 Å². The highest BCUT2D eigenvalue weighted by molar-refractivity contribution is 5.93. The molecule has 1 fully saturated rings. The molecular formula is C21H25N5O. The van der Waals surface area contributed by atoms with Crippen molar-refractivity contribution in [2.45, 2.75) is 52.0 Å². The van der Waals surface area contributed by atoms with Crippen molar-refractivity contribution in [2.24, 2.45) is 5.92 Å². The Bertz CT molecular complexity index is 939. The van der Waals surface area contributed by atoms with E-state index < -0.39 is 0 Å². The second-order valence-corrected chi connectivity index (χ2v) is 7.39. The highest BCUT2D eigenvalue weighted by atomic mass is 16.1. The molecule has 1 N–H and O–H groups in total. The van der Waals surface area contributed by atoms with Crippen molar-refractivity contribution in [3.05, 3.63) is 47.9 Å². The summed E-state index contributed by atoms with van der Waals surface area (Å²) in [5.74, 6) is 1.19. The Morgan fingerprint density at radius 3 is 2.56 bits per heavy atom. The Morgan fingerprint density at radius 2 is 1.85 bits per heavy atom. The number of amides is 1. The number of aryl methyl sites for hydroxylation is 1. The molecule has 0 bridgehead atoms. The smallest absolute Gasteiger partial charge is 0.254 e. The summed E-state index contributed by atoms with van der Waals surface area (Å²) in [4.78, 5) is 21.3. The Balaban J connectivity index is 1.48. The lowest BCUT2D eigenvalue weighted by Crippen LogP contribution is -2.37. The molecule has 1 aromatic carbocycles. The van der Waals surface area contributed by atoms with E-state index in [0.717, 1.165) is 35.4 Å². The maximum Gasteiger partial charge on any atom is 0.254 e. The van der Waals surface area contributed by atoms with Gasteiger partial charge in [-0.15, -0.1) is 0 Å². The molecule has 4 rings (SSSR count). The number of nitrogens with one attached hydrogen (secondary N) is 1. The number of aromatic nitrogens is 4.